The van der Waals surface area contributed by atoms with Crippen LogP contribution in [0.15, 0.2) is 24.3 Å². The van der Waals surface area contributed by atoms with Gasteiger partial charge in [0, 0.05) is 24.0 Å². The first-order valence-electron chi connectivity index (χ1n) is 7.88. The van der Waals surface area contributed by atoms with Crippen molar-refractivity contribution in [2.24, 2.45) is 11.8 Å². The normalized spacial score (nSPS) is 27.2. The molecule has 3 rings (SSSR count). The molecule has 1 aromatic carbocycles. The number of likely N-dealkylation sites (tertiary alicyclic amines) is 1. The summed E-state index contributed by atoms with van der Waals surface area (Å²) in [5.41, 5.74) is 1.21. The Morgan fingerprint density at radius 2 is 2.27 bits per heavy atom. The van der Waals surface area contributed by atoms with Crippen LogP contribution >= 0.6 is 24.0 Å². The molecule has 0 spiro atoms. The quantitative estimate of drug-likeness (QED) is 0.910. The second-order valence-corrected chi connectivity index (χ2v) is 6.79. The molecule has 2 fully saturated rings. The van der Waals surface area contributed by atoms with Crippen molar-refractivity contribution in [3.8, 4) is 0 Å². The number of carbonyl (C=O) groups is 1. The molecule has 5 heteroatoms. The fourth-order valence-corrected chi connectivity index (χ4v) is 3.73. The number of piperidine rings is 1. The zero-order chi connectivity index (χ0) is 14.8. The molecule has 1 aromatic rings. The third kappa shape index (κ3) is 3.95. The average Bonchev–Trinajstić information content (AvgIpc) is 3.28. The fourth-order valence-electron chi connectivity index (χ4n) is 3.53. The number of benzene rings is 1. The van der Waals surface area contributed by atoms with E-state index >= 15 is 0 Å². The van der Waals surface area contributed by atoms with Crippen LogP contribution in [0.25, 0.3) is 0 Å². The molecule has 1 aliphatic carbocycles. The van der Waals surface area contributed by atoms with E-state index in [9.17, 15) is 4.79 Å². The summed E-state index contributed by atoms with van der Waals surface area (Å²) in [6, 6.07) is 7.95. The number of halogens is 2. The summed E-state index contributed by atoms with van der Waals surface area (Å²) >= 11 is 6.04. The van der Waals surface area contributed by atoms with Crippen LogP contribution in [0, 0.1) is 11.8 Å². The van der Waals surface area contributed by atoms with Gasteiger partial charge >= 0.3 is 0 Å². The van der Waals surface area contributed by atoms with Crippen LogP contribution < -0.4 is 5.32 Å². The third-order valence-corrected chi connectivity index (χ3v) is 4.94. The first kappa shape index (κ1) is 17.6. The lowest BCUT2D eigenvalue weighted by molar-refractivity contribution is -0.134. The van der Waals surface area contributed by atoms with Crippen LogP contribution in [0.3, 0.4) is 0 Å². The Kier molecular flexibility index (Phi) is 6.13. The van der Waals surface area contributed by atoms with E-state index in [1.165, 1.54) is 12.0 Å². The molecule has 1 saturated carbocycles. The molecule has 22 heavy (non-hydrogen) atoms. The van der Waals surface area contributed by atoms with Gasteiger partial charge in [-0.2, -0.15) is 0 Å². The van der Waals surface area contributed by atoms with E-state index in [4.69, 9.17) is 11.6 Å². The molecule has 0 radical (unpaired) electrons. The largest absolute Gasteiger partial charge is 0.342 e. The van der Waals surface area contributed by atoms with Crippen LogP contribution in [-0.4, -0.2) is 37.5 Å². The summed E-state index contributed by atoms with van der Waals surface area (Å²) in [5, 5.41) is 3.99. The second-order valence-electron chi connectivity index (χ2n) is 6.35. The van der Waals surface area contributed by atoms with E-state index < -0.39 is 0 Å². The molecular formula is C17H24Cl2N2O. The molecule has 0 bridgehead atoms. The Bertz CT molecular complexity index is 521. The van der Waals surface area contributed by atoms with Crippen molar-refractivity contribution in [1.82, 2.24) is 10.2 Å². The number of nitrogens with one attached hydrogen (secondary N) is 1. The summed E-state index contributed by atoms with van der Waals surface area (Å²) in [6.45, 7) is 2.85. The van der Waals surface area contributed by atoms with E-state index in [-0.39, 0.29) is 18.3 Å². The Balaban J connectivity index is 0.00000176. The maximum Gasteiger partial charge on any atom is 0.226 e. The highest BCUT2D eigenvalue weighted by atomic mass is 35.5. The van der Waals surface area contributed by atoms with Gasteiger partial charge in [-0.3, -0.25) is 4.79 Å². The van der Waals surface area contributed by atoms with Crippen molar-refractivity contribution < 1.29 is 4.79 Å². The van der Waals surface area contributed by atoms with Crippen LogP contribution in [0.2, 0.25) is 5.02 Å². The number of carbonyl (C=O) groups excluding carboxylic acids is 1. The SMILES string of the molecule is CNCC1CCCN(C(=O)C2CC2c2cccc(Cl)c2)C1.Cl. The van der Waals surface area contributed by atoms with E-state index in [2.05, 4.69) is 16.3 Å². The summed E-state index contributed by atoms with van der Waals surface area (Å²) in [7, 11) is 1.98. The molecule has 1 N–H and O–H groups in total. The number of hydrogen-bond donors (Lipinski definition) is 1. The topological polar surface area (TPSA) is 32.3 Å². The maximum atomic E-state index is 12.7. The highest BCUT2D eigenvalue weighted by Crippen LogP contribution is 2.49. The monoisotopic (exact) mass is 342 g/mol. The van der Waals surface area contributed by atoms with E-state index in [1.807, 2.05) is 25.2 Å². The van der Waals surface area contributed by atoms with Crippen molar-refractivity contribution in [3.05, 3.63) is 34.9 Å². The highest BCUT2D eigenvalue weighted by Gasteiger charge is 2.46. The van der Waals surface area contributed by atoms with Gasteiger partial charge in [-0.1, -0.05) is 23.7 Å². The van der Waals surface area contributed by atoms with Crippen LogP contribution in [-0.2, 0) is 4.79 Å². The van der Waals surface area contributed by atoms with Gasteiger partial charge < -0.3 is 10.2 Å². The lowest BCUT2D eigenvalue weighted by Gasteiger charge is -2.33. The van der Waals surface area contributed by atoms with Crippen LogP contribution in [0.1, 0.15) is 30.7 Å². The second kappa shape index (κ2) is 7.67. The molecule has 1 amide bonds. The van der Waals surface area contributed by atoms with E-state index in [1.54, 1.807) is 0 Å². The fraction of sp³-hybridized carbons (Fsp3) is 0.588. The van der Waals surface area contributed by atoms with Gasteiger partial charge in [0.05, 0.1) is 0 Å². The van der Waals surface area contributed by atoms with Crippen molar-refractivity contribution in [2.75, 3.05) is 26.7 Å². The molecule has 3 nitrogen and oxygen atoms in total. The maximum absolute atomic E-state index is 12.7. The van der Waals surface area contributed by atoms with Gasteiger partial charge in [0.1, 0.15) is 0 Å². The smallest absolute Gasteiger partial charge is 0.226 e. The van der Waals surface area contributed by atoms with Crippen LogP contribution in [0.4, 0.5) is 0 Å². The van der Waals surface area contributed by atoms with Gasteiger partial charge in [0.25, 0.3) is 0 Å². The Morgan fingerprint density at radius 3 is 3.00 bits per heavy atom. The van der Waals surface area contributed by atoms with Crippen LogP contribution in [0.5, 0.6) is 0 Å². The summed E-state index contributed by atoms with van der Waals surface area (Å²) in [6.07, 6.45) is 3.34. The predicted molar refractivity (Wildman–Crippen MR) is 92.8 cm³/mol. The number of rotatable bonds is 4. The number of hydrogen-bond acceptors (Lipinski definition) is 2. The van der Waals surface area contributed by atoms with Gasteiger partial charge in [-0.05, 0) is 62.4 Å². The molecular weight excluding hydrogens is 319 g/mol. The number of amides is 1. The first-order chi connectivity index (χ1) is 10.2. The number of nitrogens with zero attached hydrogens (tertiary/aromatic N) is 1. The van der Waals surface area contributed by atoms with Gasteiger partial charge in [-0.15, -0.1) is 12.4 Å². The Labute approximate surface area is 143 Å². The molecule has 1 aliphatic heterocycles. The zero-order valence-corrected chi connectivity index (χ0v) is 14.5. The zero-order valence-electron chi connectivity index (χ0n) is 12.9. The summed E-state index contributed by atoms with van der Waals surface area (Å²) in [4.78, 5) is 14.7. The molecule has 2 aliphatic rings. The minimum atomic E-state index is 0. The van der Waals surface area contributed by atoms with Gasteiger partial charge in [0.15, 0.2) is 0 Å². The minimum absolute atomic E-state index is 0. The summed E-state index contributed by atoms with van der Waals surface area (Å²) < 4.78 is 0. The lowest BCUT2D eigenvalue weighted by Crippen LogP contribution is -2.43. The van der Waals surface area contributed by atoms with Crippen molar-refractivity contribution >= 4 is 29.9 Å². The van der Waals surface area contributed by atoms with Gasteiger partial charge in [0.2, 0.25) is 5.91 Å². The van der Waals surface area contributed by atoms with Crippen molar-refractivity contribution in [3.63, 3.8) is 0 Å². The molecule has 3 atom stereocenters. The molecule has 3 unspecified atom stereocenters. The van der Waals surface area contributed by atoms with Crippen molar-refractivity contribution in [1.29, 1.82) is 0 Å². The lowest BCUT2D eigenvalue weighted by atomic mass is 9.97. The molecule has 1 heterocycles. The predicted octanol–water partition coefficient (Wildman–Crippen LogP) is 3.32. The molecule has 122 valence electrons. The highest BCUT2D eigenvalue weighted by molar-refractivity contribution is 6.30. The molecule has 0 aromatic heterocycles. The van der Waals surface area contributed by atoms with E-state index in [0.29, 0.717) is 17.7 Å². The summed E-state index contributed by atoms with van der Waals surface area (Å²) in [5.74, 6) is 1.51. The molecule has 1 saturated heterocycles. The Hall–Kier alpha value is -0.770. The first-order valence-corrected chi connectivity index (χ1v) is 8.25. The van der Waals surface area contributed by atoms with Crippen molar-refractivity contribution in [2.45, 2.75) is 25.2 Å². The average molecular weight is 343 g/mol. The minimum Gasteiger partial charge on any atom is -0.342 e. The van der Waals surface area contributed by atoms with E-state index in [0.717, 1.165) is 37.5 Å². The standard InChI is InChI=1S/C17H23ClN2O.ClH/c1-19-10-12-4-3-7-20(11-12)17(21)16-9-15(16)13-5-2-6-14(18)8-13;/h2,5-6,8,12,15-16,19H,3-4,7,9-11H2,1H3;1H. The van der Waals surface area contributed by atoms with Gasteiger partial charge in [-0.25, -0.2) is 0 Å². The Morgan fingerprint density at radius 1 is 1.45 bits per heavy atom. The third-order valence-electron chi connectivity index (χ3n) is 4.71.